The van der Waals surface area contributed by atoms with Crippen molar-refractivity contribution < 1.29 is 0 Å². The minimum absolute atomic E-state index is 0.0861. The van der Waals surface area contributed by atoms with Crippen LogP contribution in [-0.2, 0) is 0 Å². The summed E-state index contributed by atoms with van der Waals surface area (Å²) in [5.41, 5.74) is 32.2. The molecule has 0 amide bonds. The molecule has 0 saturated carbocycles. The molecule has 0 N–H and O–H groups in total. The van der Waals surface area contributed by atoms with E-state index < -0.39 is 0 Å². The smallest absolute Gasteiger partial charge is 0.316 e. The molecule has 418 valence electrons. The molecule has 0 unspecified atom stereocenters. The van der Waals surface area contributed by atoms with E-state index in [1.165, 1.54) is 175 Å². The highest BCUT2D eigenvalue weighted by Crippen LogP contribution is 2.52. The fourth-order valence-corrected chi connectivity index (χ4v) is 17.8. The van der Waals surface area contributed by atoms with Crippen molar-refractivity contribution >= 4 is 118 Å². The average Bonchev–Trinajstić information content (AvgIpc) is 1.64. The summed E-state index contributed by atoms with van der Waals surface area (Å²) >= 11 is 1.93. The van der Waals surface area contributed by atoms with Crippen molar-refractivity contribution in [3.8, 4) is 83.8 Å². The van der Waals surface area contributed by atoms with Crippen LogP contribution in [0.5, 0.6) is 0 Å². The van der Waals surface area contributed by atoms with Gasteiger partial charge in [-0.25, -0.2) is 0 Å². The van der Waals surface area contributed by atoms with Crippen molar-refractivity contribution in [1.29, 1.82) is 0 Å². The zero-order chi connectivity index (χ0) is 59.2. The minimum Gasteiger partial charge on any atom is -0.444 e. The molecule has 91 heavy (non-hydrogen) atoms. The van der Waals surface area contributed by atoms with Crippen LogP contribution < -0.4 is 26.6 Å². The SMILES string of the molecule is c1ccc(-c2ccc3c(c2)c2cc(-c4ccccc4)ccc2n3-c2cc3c4c(c2)-c2cccc5c2N(B4c2ccccc2S3)B2c3c-5cc(-n4c5ccc(-c6ccccc6)cc5c5cc(-c6ccccc6)ccc54)cc3-n3c4ccccc4c4cccc2c43)cc1. The van der Waals surface area contributed by atoms with Crippen molar-refractivity contribution in [2.75, 3.05) is 4.72 Å². The van der Waals surface area contributed by atoms with Gasteiger partial charge in [0.15, 0.2) is 0 Å². The first-order valence-electron chi connectivity index (χ1n) is 31.6. The molecule has 0 fully saturated rings. The molecule has 3 aromatic heterocycles. The fourth-order valence-electron chi connectivity index (χ4n) is 16.6. The molecule has 14 aromatic carbocycles. The van der Waals surface area contributed by atoms with Crippen molar-refractivity contribution in [2.45, 2.75) is 9.79 Å². The molecule has 4 aliphatic heterocycles. The molecule has 0 atom stereocenters. The predicted octanol–water partition coefficient (Wildman–Crippen LogP) is 18.8. The molecule has 0 saturated heterocycles. The highest BCUT2D eigenvalue weighted by atomic mass is 32.2. The van der Waals surface area contributed by atoms with Gasteiger partial charge in [0.05, 0.1) is 33.1 Å². The molecule has 17 aromatic rings. The second-order valence-corrected chi connectivity index (χ2v) is 26.1. The second kappa shape index (κ2) is 18.7. The van der Waals surface area contributed by atoms with Crippen molar-refractivity contribution in [1.82, 2.24) is 13.7 Å². The Morgan fingerprint density at radius 3 is 1.21 bits per heavy atom. The van der Waals surface area contributed by atoms with Gasteiger partial charge in [-0.3, -0.25) is 0 Å². The third kappa shape index (κ3) is 6.93. The maximum Gasteiger partial charge on any atom is 0.316 e. The van der Waals surface area contributed by atoms with Crippen LogP contribution in [0.25, 0.3) is 149 Å². The van der Waals surface area contributed by atoms with Crippen molar-refractivity contribution in [3.05, 3.63) is 303 Å². The van der Waals surface area contributed by atoms with Crippen LogP contribution in [-0.4, -0.2) is 27.4 Å². The van der Waals surface area contributed by atoms with Crippen LogP contribution in [0.1, 0.15) is 0 Å². The number of rotatable bonds is 6. The predicted molar refractivity (Wildman–Crippen MR) is 385 cm³/mol. The first-order chi connectivity index (χ1) is 45.1. The van der Waals surface area contributed by atoms with Gasteiger partial charge < -0.3 is 18.4 Å². The van der Waals surface area contributed by atoms with E-state index in [1.54, 1.807) is 0 Å². The summed E-state index contributed by atoms with van der Waals surface area (Å²) in [4.78, 5) is 2.60. The Morgan fingerprint density at radius 2 is 0.670 bits per heavy atom. The van der Waals surface area contributed by atoms with Gasteiger partial charge in [-0.15, -0.1) is 0 Å². The normalized spacial score (nSPS) is 13.2. The number of anilines is 1. The zero-order valence-electron chi connectivity index (χ0n) is 49.2. The van der Waals surface area contributed by atoms with Crippen LogP contribution in [0.4, 0.5) is 5.69 Å². The lowest BCUT2D eigenvalue weighted by Gasteiger charge is -2.50. The number of fused-ring (bicyclic) bond motifs is 17. The average molecular weight is 1170 g/mol. The van der Waals surface area contributed by atoms with Crippen LogP contribution in [0.15, 0.2) is 313 Å². The van der Waals surface area contributed by atoms with Crippen LogP contribution in [0.3, 0.4) is 0 Å². The Bertz CT molecular complexity index is 5810. The first-order valence-corrected chi connectivity index (χ1v) is 32.4. The third-order valence-corrected chi connectivity index (χ3v) is 21.6. The standard InChI is InChI=1S/C84H50B2N4S/c1-5-19-51(20-6-1)55-35-39-74-65(43-55)66-44-56(52-21-7-2-8-22-52)36-40-75(66)87(74)59-47-69-63-28-17-29-64-70-48-60(88-76-41-37-57(53-23-9-3-10-24-53)45-67(76)68-46-58(38-42-77(68)88)54-25-11-4-12-26-54)50-80-82(70)85(71-31-14-16-34-79(71)91-80)90(83(63)64)86-72-32-18-30-62-61-27-13-15-33-73(61)89(84(62)72)78(49-59)81(69)86/h1-50H. The fraction of sp³-hybridized carbons (Fsp3) is 0. The molecule has 4 aliphatic rings. The van der Waals surface area contributed by atoms with Crippen LogP contribution in [0, 0.1) is 0 Å². The van der Waals surface area contributed by atoms with E-state index in [4.69, 9.17) is 0 Å². The summed E-state index contributed by atoms with van der Waals surface area (Å²) in [6, 6.07) is 115. The Hall–Kier alpha value is -11.2. The highest BCUT2D eigenvalue weighted by molar-refractivity contribution is 8.00. The summed E-state index contributed by atoms with van der Waals surface area (Å²) in [6.45, 7) is -0.206. The summed E-state index contributed by atoms with van der Waals surface area (Å²) in [5.74, 6) is 0. The lowest BCUT2D eigenvalue weighted by molar-refractivity contribution is 1.14. The number of hydrogen-bond donors (Lipinski definition) is 0. The number of hydrogen-bond acceptors (Lipinski definition) is 2. The number of nitrogens with zero attached hydrogens (tertiary/aromatic N) is 4. The molecule has 0 aliphatic carbocycles. The van der Waals surface area contributed by atoms with Gasteiger partial charge in [0, 0.05) is 76.0 Å². The van der Waals surface area contributed by atoms with Crippen LogP contribution in [0.2, 0.25) is 0 Å². The number of para-hydroxylation sites is 3. The van der Waals surface area contributed by atoms with Gasteiger partial charge in [0.1, 0.15) is 0 Å². The number of aromatic nitrogens is 3. The molecule has 7 heterocycles. The Balaban J connectivity index is 0.848. The summed E-state index contributed by atoms with van der Waals surface area (Å²) in [7, 11) is 0. The highest BCUT2D eigenvalue weighted by Gasteiger charge is 2.52. The quantitative estimate of drug-likeness (QED) is 0.154. The van der Waals surface area contributed by atoms with Crippen LogP contribution >= 0.6 is 11.8 Å². The third-order valence-electron chi connectivity index (χ3n) is 20.4. The lowest BCUT2D eigenvalue weighted by atomic mass is 9.33. The maximum atomic E-state index is 2.88. The lowest BCUT2D eigenvalue weighted by Crippen LogP contribution is -2.74. The van der Waals surface area contributed by atoms with Gasteiger partial charge in [-0.2, -0.15) is 0 Å². The monoisotopic (exact) mass is 1170 g/mol. The minimum atomic E-state index is -0.120. The van der Waals surface area contributed by atoms with Gasteiger partial charge in [-0.1, -0.05) is 230 Å². The van der Waals surface area contributed by atoms with E-state index in [0.29, 0.717) is 0 Å². The molecule has 21 rings (SSSR count). The summed E-state index contributed by atoms with van der Waals surface area (Å²) in [5, 5.41) is 7.49. The van der Waals surface area contributed by atoms with E-state index in [1.807, 2.05) is 11.8 Å². The van der Waals surface area contributed by atoms with Gasteiger partial charge in [-0.05, 0) is 162 Å². The second-order valence-electron chi connectivity index (χ2n) is 25.0. The molecule has 0 spiro atoms. The first kappa shape index (κ1) is 49.7. The molecular formula is C84H50B2N4S. The summed E-state index contributed by atoms with van der Waals surface area (Å²) < 4.78 is 10.6. The van der Waals surface area contributed by atoms with E-state index in [-0.39, 0.29) is 13.7 Å². The molecular weight excluding hydrogens is 1120 g/mol. The largest absolute Gasteiger partial charge is 0.444 e. The van der Waals surface area contributed by atoms with E-state index in [9.17, 15) is 0 Å². The van der Waals surface area contributed by atoms with Gasteiger partial charge in [0.2, 0.25) is 0 Å². The number of benzene rings is 14. The van der Waals surface area contributed by atoms with Gasteiger partial charge >= 0.3 is 13.7 Å². The Morgan fingerprint density at radius 1 is 0.253 bits per heavy atom. The van der Waals surface area contributed by atoms with Crippen molar-refractivity contribution in [2.24, 2.45) is 0 Å². The Labute approximate surface area is 530 Å². The molecule has 0 bridgehead atoms. The van der Waals surface area contributed by atoms with E-state index in [0.717, 1.165) is 11.4 Å². The summed E-state index contributed by atoms with van der Waals surface area (Å²) in [6.07, 6.45) is 0. The topological polar surface area (TPSA) is 18.0 Å². The maximum absolute atomic E-state index is 2.88. The molecule has 7 heteroatoms. The van der Waals surface area contributed by atoms with Gasteiger partial charge in [0.25, 0.3) is 0 Å². The molecule has 4 nitrogen and oxygen atoms in total. The molecule has 0 radical (unpaired) electrons. The van der Waals surface area contributed by atoms with Crippen molar-refractivity contribution in [3.63, 3.8) is 0 Å². The van der Waals surface area contributed by atoms with E-state index >= 15 is 0 Å². The zero-order valence-corrected chi connectivity index (χ0v) is 50.0. The van der Waals surface area contributed by atoms with E-state index in [2.05, 4.69) is 322 Å². The Kier molecular flexibility index (Phi) is 10.2.